The van der Waals surface area contributed by atoms with Gasteiger partial charge in [0.05, 0.1) is 5.75 Å². The minimum Gasteiger partial charge on any atom is -0.333 e. The average Bonchev–Trinajstić information content (AvgIpc) is 3.63. The molecule has 0 saturated heterocycles. The van der Waals surface area contributed by atoms with E-state index in [1.54, 1.807) is 0 Å². The van der Waals surface area contributed by atoms with Gasteiger partial charge in [0.15, 0.2) is 5.16 Å². The van der Waals surface area contributed by atoms with Crippen LogP contribution in [-0.2, 0) is 17.9 Å². The maximum Gasteiger partial charge on any atom is 0.233 e. The van der Waals surface area contributed by atoms with Crippen molar-refractivity contribution in [3.63, 3.8) is 0 Å². The second-order valence-corrected chi connectivity index (χ2v) is 9.24. The van der Waals surface area contributed by atoms with E-state index in [1.165, 1.54) is 11.8 Å². The van der Waals surface area contributed by atoms with Gasteiger partial charge in [0.1, 0.15) is 5.82 Å². The molecule has 1 saturated carbocycles. The average molecular weight is 455 g/mol. The van der Waals surface area contributed by atoms with Crippen LogP contribution in [0.4, 0.5) is 0 Å². The molecule has 0 N–H and O–H groups in total. The molecule has 0 bridgehead atoms. The molecule has 166 valence electrons. The summed E-state index contributed by atoms with van der Waals surface area (Å²) in [7, 11) is 0. The van der Waals surface area contributed by atoms with E-state index < -0.39 is 0 Å². The number of amides is 1. The van der Waals surface area contributed by atoms with Crippen molar-refractivity contribution < 1.29 is 4.79 Å². The standard InChI is InChI=1S/C27H26N4OS/c32-25(30(18-21-10-4-1-5-11-21)19-22-12-6-2-7-13-22)20-33-27-29-28-26(23-16-17-23)31(27)24-14-8-3-9-15-24/h1-15,23H,16-20H2. The molecule has 6 heteroatoms. The van der Waals surface area contributed by atoms with Gasteiger partial charge in [0.2, 0.25) is 5.91 Å². The van der Waals surface area contributed by atoms with Crippen LogP contribution in [0.15, 0.2) is 96.2 Å². The third kappa shape index (κ3) is 5.34. The topological polar surface area (TPSA) is 51.0 Å². The fraction of sp³-hybridized carbons (Fsp3) is 0.222. The minimum absolute atomic E-state index is 0.0864. The first kappa shape index (κ1) is 21.5. The Kier molecular flexibility index (Phi) is 6.53. The van der Waals surface area contributed by atoms with Crippen molar-refractivity contribution in [1.82, 2.24) is 19.7 Å². The fourth-order valence-electron chi connectivity index (χ4n) is 3.86. The molecule has 0 atom stereocenters. The summed E-state index contributed by atoms with van der Waals surface area (Å²) in [5, 5.41) is 9.71. The van der Waals surface area contributed by atoms with E-state index in [2.05, 4.69) is 51.2 Å². The number of benzene rings is 3. The van der Waals surface area contributed by atoms with Gasteiger partial charge in [-0.3, -0.25) is 9.36 Å². The maximum absolute atomic E-state index is 13.4. The third-order valence-electron chi connectivity index (χ3n) is 5.73. The number of rotatable bonds is 9. The third-order valence-corrected chi connectivity index (χ3v) is 6.64. The zero-order chi connectivity index (χ0) is 22.5. The highest BCUT2D eigenvalue weighted by Crippen LogP contribution is 2.41. The van der Waals surface area contributed by atoms with E-state index in [0.717, 1.165) is 40.6 Å². The molecule has 1 aliphatic rings. The van der Waals surface area contributed by atoms with Crippen molar-refractivity contribution in [3.8, 4) is 5.69 Å². The van der Waals surface area contributed by atoms with Crippen LogP contribution in [0.3, 0.4) is 0 Å². The molecule has 5 nitrogen and oxygen atoms in total. The van der Waals surface area contributed by atoms with Crippen molar-refractivity contribution in [3.05, 3.63) is 108 Å². The first-order valence-corrected chi connectivity index (χ1v) is 12.3. The quantitative estimate of drug-likeness (QED) is 0.315. The number of carbonyl (C=O) groups excluding carboxylic acids is 1. The summed E-state index contributed by atoms with van der Waals surface area (Å²) in [6.07, 6.45) is 2.30. The normalized spacial score (nSPS) is 13.1. The number of hydrogen-bond donors (Lipinski definition) is 0. The van der Waals surface area contributed by atoms with Crippen molar-refractivity contribution in [2.75, 3.05) is 5.75 Å². The SMILES string of the molecule is O=C(CSc1nnc(C2CC2)n1-c1ccccc1)N(Cc1ccccc1)Cc1ccccc1. The Morgan fingerprint density at radius 2 is 1.36 bits per heavy atom. The molecule has 0 radical (unpaired) electrons. The van der Waals surface area contributed by atoms with Gasteiger partial charge in [-0.05, 0) is 36.1 Å². The Morgan fingerprint density at radius 3 is 1.91 bits per heavy atom. The predicted molar refractivity (Wildman–Crippen MR) is 131 cm³/mol. The lowest BCUT2D eigenvalue weighted by atomic mass is 10.1. The molecule has 4 aromatic rings. The number of carbonyl (C=O) groups is 1. The van der Waals surface area contributed by atoms with Crippen molar-refractivity contribution >= 4 is 17.7 Å². The summed E-state index contributed by atoms with van der Waals surface area (Å²) in [6, 6.07) is 30.5. The van der Waals surface area contributed by atoms with Crippen molar-refractivity contribution in [2.24, 2.45) is 0 Å². The lowest BCUT2D eigenvalue weighted by Crippen LogP contribution is -2.31. The van der Waals surface area contributed by atoms with Gasteiger partial charge in [-0.2, -0.15) is 0 Å². The Bertz CT molecular complexity index is 1150. The van der Waals surface area contributed by atoms with Crippen LogP contribution in [-0.4, -0.2) is 31.3 Å². The minimum atomic E-state index is 0.0864. The molecule has 1 heterocycles. The molecule has 3 aromatic carbocycles. The molecule has 0 unspecified atom stereocenters. The Hall–Kier alpha value is -3.38. The lowest BCUT2D eigenvalue weighted by molar-refractivity contribution is -0.129. The predicted octanol–water partition coefficient (Wildman–Crippen LogP) is 5.47. The zero-order valence-corrected chi connectivity index (χ0v) is 19.2. The number of para-hydroxylation sites is 1. The molecular formula is C27H26N4OS. The van der Waals surface area contributed by atoms with Gasteiger partial charge < -0.3 is 4.90 Å². The number of aromatic nitrogens is 3. The smallest absolute Gasteiger partial charge is 0.233 e. The fourth-order valence-corrected chi connectivity index (χ4v) is 4.72. The van der Waals surface area contributed by atoms with Crippen LogP contribution >= 0.6 is 11.8 Å². The lowest BCUT2D eigenvalue weighted by Gasteiger charge is -2.23. The van der Waals surface area contributed by atoms with Crippen molar-refractivity contribution in [2.45, 2.75) is 37.0 Å². The van der Waals surface area contributed by atoms with Crippen LogP contribution in [0, 0.1) is 0 Å². The Labute approximate surface area is 198 Å². The molecule has 1 aromatic heterocycles. The van der Waals surface area contributed by atoms with E-state index in [4.69, 9.17) is 0 Å². The monoisotopic (exact) mass is 454 g/mol. The summed E-state index contributed by atoms with van der Waals surface area (Å²) in [5.41, 5.74) is 3.29. The highest BCUT2D eigenvalue weighted by atomic mass is 32.2. The first-order chi connectivity index (χ1) is 16.3. The first-order valence-electron chi connectivity index (χ1n) is 11.3. The second-order valence-electron chi connectivity index (χ2n) is 8.30. The number of thioether (sulfide) groups is 1. The largest absolute Gasteiger partial charge is 0.333 e. The van der Waals surface area contributed by atoms with Crippen LogP contribution in [0.5, 0.6) is 0 Å². The van der Waals surface area contributed by atoms with E-state index in [-0.39, 0.29) is 5.91 Å². The molecule has 0 spiro atoms. The van der Waals surface area contributed by atoms with Crippen LogP contribution in [0.25, 0.3) is 5.69 Å². The summed E-state index contributed by atoms with van der Waals surface area (Å²) < 4.78 is 2.12. The molecule has 1 amide bonds. The van der Waals surface area contributed by atoms with Crippen LogP contribution in [0.2, 0.25) is 0 Å². The highest BCUT2D eigenvalue weighted by molar-refractivity contribution is 7.99. The summed E-state index contributed by atoms with van der Waals surface area (Å²) in [4.78, 5) is 15.3. The van der Waals surface area contributed by atoms with E-state index in [0.29, 0.717) is 24.8 Å². The van der Waals surface area contributed by atoms with E-state index >= 15 is 0 Å². The summed E-state index contributed by atoms with van der Waals surface area (Å²) in [6.45, 7) is 1.15. The molecule has 1 fully saturated rings. The Morgan fingerprint density at radius 1 is 0.818 bits per heavy atom. The van der Waals surface area contributed by atoms with Gasteiger partial charge >= 0.3 is 0 Å². The summed E-state index contributed by atoms with van der Waals surface area (Å²) in [5.74, 6) is 1.87. The molecule has 33 heavy (non-hydrogen) atoms. The zero-order valence-electron chi connectivity index (χ0n) is 18.4. The Balaban J connectivity index is 1.34. The second kappa shape index (κ2) is 10.0. The van der Waals surface area contributed by atoms with Crippen molar-refractivity contribution in [1.29, 1.82) is 0 Å². The van der Waals surface area contributed by atoms with Gasteiger partial charge in [-0.1, -0.05) is 90.6 Å². The molecular weight excluding hydrogens is 428 g/mol. The summed E-state index contributed by atoms with van der Waals surface area (Å²) >= 11 is 1.46. The van der Waals surface area contributed by atoms with Crippen LogP contribution in [0.1, 0.15) is 35.7 Å². The highest BCUT2D eigenvalue weighted by Gasteiger charge is 2.31. The van der Waals surface area contributed by atoms with Gasteiger partial charge in [0, 0.05) is 24.7 Å². The van der Waals surface area contributed by atoms with E-state index in [1.807, 2.05) is 59.5 Å². The molecule has 5 rings (SSSR count). The molecule has 0 aliphatic heterocycles. The number of hydrogen-bond acceptors (Lipinski definition) is 4. The number of nitrogens with zero attached hydrogens (tertiary/aromatic N) is 4. The van der Waals surface area contributed by atoms with Gasteiger partial charge in [0.25, 0.3) is 0 Å². The van der Waals surface area contributed by atoms with Crippen LogP contribution < -0.4 is 0 Å². The van der Waals surface area contributed by atoms with E-state index in [9.17, 15) is 4.79 Å². The molecule has 1 aliphatic carbocycles. The van der Waals surface area contributed by atoms with Gasteiger partial charge in [-0.25, -0.2) is 0 Å². The maximum atomic E-state index is 13.4. The van der Waals surface area contributed by atoms with Gasteiger partial charge in [-0.15, -0.1) is 10.2 Å².